The first-order chi connectivity index (χ1) is 14.1. The number of carbonyl (C=O) groups excluding carboxylic acids is 1. The topological polar surface area (TPSA) is 97.2 Å². The highest BCUT2D eigenvalue weighted by molar-refractivity contribution is 6.29. The first kappa shape index (κ1) is 19.4. The fourth-order valence-electron chi connectivity index (χ4n) is 3.33. The smallest absolute Gasteiger partial charge is 0.321 e. The minimum Gasteiger partial charge on any atom is -0.377 e. The standard InChI is InChI=1S/C19H22ClN7O2/c1-3-21-19(28)25-17-22-13-6-4-5-7-14(13)27(17)18-23-15(20)10-16(24-18)26-8-9-29-11-12(26)2/h4-7,10,12H,3,8-9,11H2,1-2H3,(H2,21,22,25,28)/t12-/m1/s1. The van der Waals surface area contributed by atoms with E-state index in [0.29, 0.717) is 54.7 Å². The Hall–Kier alpha value is -2.91. The molecular weight excluding hydrogens is 394 g/mol. The number of rotatable bonds is 4. The molecule has 3 heterocycles. The quantitative estimate of drug-likeness (QED) is 0.636. The van der Waals surface area contributed by atoms with Crippen LogP contribution in [0.25, 0.3) is 17.0 Å². The molecule has 1 fully saturated rings. The van der Waals surface area contributed by atoms with Crippen molar-refractivity contribution in [3.8, 4) is 5.95 Å². The van der Waals surface area contributed by atoms with Crippen LogP contribution < -0.4 is 15.5 Å². The van der Waals surface area contributed by atoms with Gasteiger partial charge in [-0.2, -0.15) is 4.98 Å². The second-order valence-electron chi connectivity index (χ2n) is 6.71. The number of benzene rings is 1. The number of nitrogens with one attached hydrogen (secondary N) is 2. The fourth-order valence-corrected chi connectivity index (χ4v) is 3.50. The summed E-state index contributed by atoms with van der Waals surface area (Å²) < 4.78 is 7.22. The molecule has 3 aromatic rings. The summed E-state index contributed by atoms with van der Waals surface area (Å²) in [5.74, 6) is 1.37. The number of urea groups is 1. The summed E-state index contributed by atoms with van der Waals surface area (Å²) in [6, 6.07) is 9.09. The van der Waals surface area contributed by atoms with Crippen LogP contribution in [0.15, 0.2) is 30.3 Å². The van der Waals surface area contributed by atoms with Gasteiger partial charge in [-0.05, 0) is 26.0 Å². The molecule has 0 spiro atoms. The molecule has 1 saturated heterocycles. The van der Waals surface area contributed by atoms with Crippen molar-refractivity contribution in [2.45, 2.75) is 19.9 Å². The SMILES string of the molecule is CCNC(=O)Nc1nc2ccccc2n1-c1nc(Cl)cc(N2CCOC[C@H]2C)n1. The van der Waals surface area contributed by atoms with Gasteiger partial charge >= 0.3 is 6.03 Å². The molecule has 2 N–H and O–H groups in total. The van der Waals surface area contributed by atoms with Crippen molar-refractivity contribution in [1.82, 2.24) is 24.8 Å². The fraction of sp³-hybridized carbons (Fsp3) is 0.368. The van der Waals surface area contributed by atoms with E-state index in [2.05, 4.69) is 32.4 Å². The predicted octanol–water partition coefficient (Wildman–Crippen LogP) is 2.84. The second kappa shape index (κ2) is 8.22. The van der Waals surface area contributed by atoms with Crippen molar-refractivity contribution in [3.63, 3.8) is 0 Å². The van der Waals surface area contributed by atoms with E-state index in [1.165, 1.54) is 0 Å². The Labute approximate surface area is 173 Å². The minimum absolute atomic E-state index is 0.162. The lowest BCUT2D eigenvalue weighted by atomic mass is 10.2. The Morgan fingerprint density at radius 3 is 2.93 bits per heavy atom. The number of amides is 2. The van der Waals surface area contributed by atoms with E-state index in [1.807, 2.05) is 31.2 Å². The van der Waals surface area contributed by atoms with Gasteiger partial charge in [0, 0.05) is 19.2 Å². The Bertz CT molecular complexity index is 1040. The number of hydrogen-bond donors (Lipinski definition) is 2. The molecule has 10 heteroatoms. The molecule has 0 unspecified atom stereocenters. The summed E-state index contributed by atoms with van der Waals surface area (Å²) >= 11 is 6.35. The number of ether oxygens (including phenoxy) is 1. The summed E-state index contributed by atoms with van der Waals surface area (Å²) in [6.45, 7) is 6.37. The van der Waals surface area contributed by atoms with Crippen LogP contribution in [0.4, 0.5) is 16.6 Å². The Morgan fingerprint density at radius 2 is 2.14 bits per heavy atom. The summed E-state index contributed by atoms with van der Waals surface area (Å²) in [4.78, 5) is 27.9. The molecule has 2 amide bonds. The number of anilines is 2. The first-order valence-electron chi connectivity index (χ1n) is 9.48. The minimum atomic E-state index is -0.354. The lowest BCUT2D eigenvalue weighted by Gasteiger charge is -2.34. The van der Waals surface area contributed by atoms with E-state index < -0.39 is 0 Å². The number of fused-ring (bicyclic) bond motifs is 1. The van der Waals surface area contributed by atoms with Crippen LogP contribution in [-0.2, 0) is 4.74 Å². The summed E-state index contributed by atoms with van der Waals surface area (Å²) in [7, 11) is 0. The van der Waals surface area contributed by atoms with Crippen LogP contribution in [0, 0.1) is 0 Å². The van der Waals surface area contributed by atoms with Gasteiger partial charge in [0.25, 0.3) is 0 Å². The van der Waals surface area contributed by atoms with Gasteiger partial charge in [0.15, 0.2) is 0 Å². The zero-order valence-corrected chi connectivity index (χ0v) is 17.0. The van der Waals surface area contributed by atoms with Gasteiger partial charge in [-0.1, -0.05) is 23.7 Å². The lowest BCUT2D eigenvalue weighted by molar-refractivity contribution is 0.0985. The van der Waals surface area contributed by atoms with Crippen LogP contribution in [-0.4, -0.2) is 57.9 Å². The monoisotopic (exact) mass is 415 g/mol. The van der Waals surface area contributed by atoms with Crippen LogP contribution in [0.5, 0.6) is 0 Å². The van der Waals surface area contributed by atoms with Gasteiger partial charge in [0.1, 0.15) is 11.0 Å². The third-order valence-electron chi connectivity index (χ3n) is 4.65. The normalized spacial score (nSPS) is 16.8. The maximum atomic E-state index is 12.1. The zero-order chi connectivity index (χ0) is 20.4. The third-order valence-corrected chi connectivity index (χ3v) is 4.85. The highest BCUT2D eigenvalue weighted by Gasteiger charge is 2.23. The van der Waals surface area contributed by atoms with Crippen molar-refractivity contribution in [3.05, 3.63) is 35.5 Å². The van der Waals surface area contributed by atoms with Crippen LogP contribution in [0.2, 0.25) is 5.15 Å². The van der Waals surface area contributed by atoms with Gasteiger partial charge in [-0.15, -0.1) is 0 Å². The number of imidazole rings is 1. The molecule has 2 aromatic heterocycles. The Balaban J connectivity index is 1.82. The molecule has 152 valence electrons. The van der Waals surface area contributed by atoms with Crippen LogP contribution in [0.3, 0.4) is 0 Å². The van der Waals surface area contributed by atoms with E-state index in [4.69, 9.17) is 21.3 Å². The maximum Gasteiger partial charge on any atom is 0.321 e. The average molecular weight is 416 g/mol. The number of hydrogen-bond acceptors (Lipinski definition) is 6. The Morgan fingerprint density at radius 1 is 1.31 bits per heavy atom. The number of aromatic nitrogens is 4. The molecule has 0 aliphatic carbocycles. The molecular formula is C19H22ClN7O2. The largest absolute Gasteiger partial charge is 0.377 e. The molecule has 29 heavy (non-hydrogen) atoms. The van der Waals surface area contributed by atoms with Gasteiger partial charge in [-0.3, -0.25) is 5.32 Å². The van der Waals surface area contributed by atoms with E-state index in [9.17, 15) is 4.79 Å². The summed E-state index contributed by atoms with van der Waals surface area (Å²) in [5, 5.41) is 5.79. The molecule has 0 saturated carbocycles. The summed E-state index contributed by atoms with van der Waals surface area (Å²) in [6.07, 6.45) is 0. The third kappa shape index (κ3) is 3.96. The van der Waals surface area contributed by atoms with Gasteiger partial charge in [0.2, 0.25) is 11.9 Å². The predicted molar refractivity (Wildman–Crippen MR) is 112 cm³/mol. The molecule has 1 atom stereocenters. The zero-order valence-electron chi connectivity index (χ0n) is 16.2. The van der Waals surface area contributed by atoms with Crippen molar-refractivity contribution in [2.24, 2.45) is 0 Å². The molecule has 1 aliphatic rings. The number of morpholine rings is 1. The second-order valence-corrected chi connectivity index (χ2v) is 7.10. The number of carbonyl (C=O) groups is 1. The summed E-state index contributed by atoms with van der Waals surface area (Å²) in [5.41, 5.74) is 1.48. The van der Waals surface area contributed by atoms with Gasteiger partial charge < -0.3 is 15.0 Å². The lowest BCUT2D eigenvalue weighted by Crippen LogP contribution is -2.44. The van der Waals surface area contributed by atoms with E-state index >= 15 is 0 Å². The van der Waals surface area contributed by atoms with Gasteiger partial charge in [0.05, 0.1) is 30.3 Å². The highest BCUT2D eigenvalue weighted by Crippen LogP contribution is 2.27. The highest BCUT2D eigenvalue weighted by atomic mass is 35.5. The maximum absolute atomic E-state index is 12.1. The molecule has 9 nitrogen and oxygen atoms in total. The molecule has 0 bridgehead atoms. The molecule has 4 rings (SSSR count). The number of para-hydroxylation sites is 2. The van der Waals surface area contributed by atoms with Crippen molar-refractivity contribution < 1.29 is 9.53 Å². The first-order valence-corrected chi connectivity index (χ1v) is 9.86. The number of halogens is 1. The average Bonchev–Trinajstić information content (AvgIpc) is 3.05. The van der Waals surface area contributed by atoms with E-state index in [0.717, 1.165) is 5.52 Å². The van der Waals surface area contributed by atoms with E-state index in [1.54, 1.807) is 10.6 Å². The van der Waals surface area contributed by atoms with Crippen molar-refractivity contribution >= 4 is 40.4 Å². The Kier molecular flexibility index (Phi) is 5.50. The van der Waals surface area contributed by atoms with E-state index in [-0.39, 0.29) is 12.1 Å². The number of nitrogens with zero attached hydrogens (tertiary/aromatic N) is 5. The van der Waals surface area contributed by atoms with Crippen molar-refractivity contribution in [2.75, 3.05) is 36.5 Å². The van der Waals surface area contributed by atoms with Gasteiger partial charge in [-0.25, -0.2) is 19.3 Å². The molecule has 1 aromatic carbocycles. The molecule has 0 radical (unpaired) electrons. The van der Waals surface area contributed by atoms with Crippen molar-refractivity contribution in [1.29, 1.82) is 0 Å². The van der Waals surface area contributed by atoms with Crippen LogP contribution >= 0.6 is 11.6 Å². The van der Waals surface area contributed by atoms with Crippen LogP contribution in [0.1, 0.15) is 13.8 Å². The molecule has 1 aliphatic heterocycles.